The topological polar surface area (TPSA) is 50.5 Å². The van der Waals surface area contributed by atoms with Gasteiger partial charge in [0, 0.05) is 37.1 Å². The van der Waals surface area contributed by atoms with Crippen LogP contribution in [0.25, 0.3) is 5.65 Å². The molecule has 124 valence electrons. The van der Waals surface area contributed by atoms with Gasteiger partial charge < -0.3 is 4.90 Å². The van der Waals surface area contributed by atoms with Gasteiger partial charge in [0.1, 0.15) is 0 Å². The van der Waals surface area contributed by atoms with Crippen molar-refractivity contribution in [3.8, 4) is 11.8 Å². The maximum atomic E-state index is 12.6. The monoisotopic (exact) mass is 330 g/mol. The predicted octanol–water partition coefficient (Wildman–Crippen LogP) is 2.76. The van der Waals surface area contributed by atoms with Crippen molar-refractivity contribution in [1.82, 2.24) is 19.5 Å². The van der Waals surface area contributed by atoms with Gasteiger partial charge in [-0.1, -0.05) is 30.0 Å². The lowest BCUT2D eigenvalue weighted by molar-refractivity contribution is 0.0718. The lowest BCUT2D eigenvalue weighted by atomic mass is 10.1. The van der Waals surface area contributed by atoms with E-state index in [-0.39, 0.29) is 5.91 Å². The smallest absolute Gasteiger partial charge is 0.274 e. The van der Waals surface area contributed by atoms with E-state index < -0.39 is 0 Å². The van der Waals surface area contributed by atoms with Gasteiger partial charge in [-0.3, -0.25) is 4.79 Å². The van der Waals surface area contributed by atoms with Crippen LogP contribution in [0.4, 0.5) is 0 Å². The largest absolute Gasteiger partial charge is 0.337 e. The Hall–Kier alpha value is -3.13. The first-order valence-corrected chi connectivity index (χ1v) is 8.51. The average molecular weight is 330 g/mol. The van der Waals surface area contributed by atoms with E-state index in [1.807, 2.05) is 41.4 Å². The predicted molar refractivity (Wildman–Crippen MR) is 95.2 cm³/mol. The molecule has 3 aromatic rings. The fraction of sp³-hybridized carbons (Fsp3) is 0.250. The van der Waals surface area contributed by atoms with E-state index in [2.05, 4.69) is 21.9 Å². The van der Waals surface area contributed by atoms with Crippen LogP contribution < -0.4 is 0 Å². The van der Waals surface area contributed by atoms with E-state index in [1.165, 1.54) is 6.42 Å². The number of benzene rings is 1. The van der Waals surface area contributed by atoms with Crippen LogP contribution in [0.2, 0.25) is 0 Å². The van der Waals surface area contributed by atoms with Crippen molar-refractivity contribution in [3.63, 3.8) is 0 Å². The Morgan fingerprint density at radius 3 is 2.56 bits per heavy atom. The fourth-order valence-corrected chi connectivity index (χ4v) is 2.97. The van der Waals surface area contributed by atoms with Crippen molar-refractivity contribution in [3.05, 3.63) is 65.6 Å². The first-order valence-electron chi connectivity index (χ1n) is 8.51. The van der Waals surface area contributed by atoms with Crippen LogP contribution in [0.1, 0.15) is 40.9 Å². The Morgan fingerprint density at radius 1 is 1.00 bits per heavy atom. The first-order chi connectivity index (χ1) is 12.3. The molecule has 5 nitrogen and oxygen atoms in total. The van der Waals surface area contributed by atoms with Crippen LogP contribution in [0.15, 0.2) is 48.8 Å². The molecule has 0 bridgehead atoms. The molecule has 0 saturated carbocycles. The maximum absolute atomic E-state index is 12.6. The summed E-state index contributed by atoms with van der Waals surface area (Å²) in [5.41, 5.74) is 2.81. The molecule has 1 aliphatic rings. The Labute approximate surface area is 146 Å². The highest BCUT2D eigenvalue weighted by molar-refractivity contribution is 5.93. The minimum absolute atomic E-state index is 0.0119. The maximum Gasteiger partial charge on any atom is 0.274 e. The van der Waals surface area contributed by atoms with E-state index in [4.69, 9.17) is 0 Å². The summed E-state index contributed by atoms with van der Waals surface area (Å²) < 4.78 is 1.63. The molecule has 1 fully saturated rings. The van der Waals surface area contributed by atoms with Crippen LogP contribution >= 0.6 is 0 Å². The van der Waals surface area contributed by atoms with Gasteiger partial charge in [0.15, 0.2) is 11.3 Å². The van der Waals surface area contributed by atoms with Crippen LogP contribution in [0.5, 0.6) is 0 Å². The molecule has 2 aromatic heterocycles. The van der Waals surface area contributed by atoms with Crippen LogP contribution in [-0.4, -0.2) is 38.5 Å². The molecule has 0 N–H and O–H groups in total. The standard InChI is InChI=1S/C20H18N4O/c25-20(23-11-5-2-6-12-23)18-13-19-21-14-17(15-24(19)22-18)10-9-16-7-3-1-4-8-16/h1,3-4,7-8,13-15H,2,5-6,11-12H2. The lowest BCUT2D eigenvalue weighted by Crippen LogP contribution is -2.35. The number of amides is 1. The minimum atomic E-state index is -0.0119. The summed E-state index contributed by atoms with van der Waals surface area (Å²) in [6.45, 7) is 1.63. The van der Waals surface area contributed by atoms with Gasteiger partial charge in [0.25, 0.3) is 5.91 Å². The fourth-order valence-electron chi connectivity index (χ4n) is 2.97. The molecule has 5 heteroatoms. The molecule has 1 aliphatic heterocycles. The van der Waals surface area contributed by atoms with Gasteiger partial charge in [-0.15, -0.1) is 0 Å². The van der Waals surface area contributed by atoms with Crippen molar-refractivity contribution in [1.29, 1.82) is 0 Å². The first kappa shape index (κ1) is 15.4. The molecule has 0 spiro atoms. The second kappa shape index (κ2) is 6.78. The van der Waals surface area contributed by atoms with Crippen molar-refractivity contribution in [2.24, 2.45) is 0 Å². The molecular weight excluding hydrogens is 312 g/mol. The zero-order chi connectivity index (χ0) is 17.1. The van der Waals surface area contributed by atoms with Crippen molar-refractivity contribution in [2.75, 3.05) is 13.1 Å². The number of fused-ring (bicyclic) bond motifs is 1. The molecule has 0 unspecified atom stereocenters. The normalized spacial score (nSPS) is 14.2. The van der Waals surface area contributed by atoms with Crippen molar-refractivity contribution in [2.45, 2.75) is 19.3 Å². The third kappa shape index (κ3) is 3.38. The number of carbonyl (C=O) groups is 1. The third-order valence-electron chi connectivity index (χ3n) is 4.30. The zero-order valence-corrected chi connectivity index (χ0v) is 13.9. The Morgan fingerprint density at radius 2 is 1.76 bits per heavy atom. The van der Waals surface area contributed by atoms with Gasteiger partial charge in [-0.2, -0.15) is 5.10 Å². The summed E-state index contributed by atoms with van der Waals surface area (Å²) in [5, 5.41) is 4.40. The Kier molecular flexibility index (Phi) is 4.17. The molecule has 3 heterocycles. The second-order valence-corrected chi connectivity index (χ2v) is 6.14. The van der Waals surface area contributed by atoms with E-state index >= 15 is 0 Å². The van der Waals surface area contributed by atoms with Gasteiger partial charge in [-0.05, 0) is 31.4 Å². The van der Waals surface area contributed by atoms with Gasteiger partial charge in [0.2, 0.25) is 0 Å². The van der Waals surface area contributed by atoms with Crippen molar-refractivity contribution < 1.29 is 4.79 Å². The summed E-state index contributed by atoms with van der Waals surface area (Å²) >= 11 is 0. The highest BCUT2D eigenvalue weighted by atomic mass is 16.2. The molecule has 0 radical (unpaired) electrons. The number of carbonyl (C=O) groups excluding carboxylic acids is 1. The van der Waals surface area contributed by atoms with Gasteiger partial charge in [-0.25, -0.2) is 9.50 Å². The quantitative estimate of drug-likeness (QED) is 0.645. The molecule has 0 aliphatic carbocycles. The molecule has 1 amide bonds. The van der Waals surface area contributed by atoms with E-state index in [0.29, 0.717) is 11.3 Å². The molecule has 4 rings (SSSR count). The number of hydrogen-bond donors (Lipinski definition) is 0. The van der Waals surface area contributed by atoms with Crippen molar-refractivity contribution >= 4 is 11.6 Å². The number of likely N-dealkylation sites (tertiary alicyclic amines) is 1. The molecule has 0 atom stereocenters. The van der Waals surface area contributed by atoms with Crippen LogP contribution in [-0.2, 0) is 0 Å². The number of hydrogen-bond acceptors (Lipinski definition) is 3. The number of aromatic nitrogens is 3. The summed E-state index contributed by atoms with van der Waals surface area (Å²) in [7, 11) is 0. The SMILES string of the molecule is O=C(c1cc2ncc(C#Cc3ccccc3)cn2n1)N1CCCCC1. The number of nitrogens with zero attached hydrogens (tertiary/aromatic N) is 4. The van der Waals surface area contributed by atoms with Crippen LogP contribution in [0.3, 0.4) is 0 Å². The van der Waals surface area contributed by atoms with E-state index in [9.17, 15) is 4.79 Å². The summed E-state index contributed by atoms with van der Waals surface area (Å²) in [6, 6.07) is 11.5. The summed E-state index contributed by atoms with van der Waals surface area (Å²) in [5.74, 6) is 6.17. The Bertz CT molecular complexity index is 960. The minimum Gasteiger partial charge on any atom is -0.337 e. The molecule has 1 aromatic carbocycles. The zero-order valence-electron chi connectivity index (χ0n) is 13.9. The molecule has 1 saturated heterocycles. The average Bonchev–Trinajstić information content (AvgIpc) is 3.10. The van der Waals surface area contributed by atoms with Gasteiger partial charge in [0.05, 0.1) is 5.56 Å². The third-order valence-corrected chi connectivity index (χ3v) is 4.30. The number of piperidine rings is 1. The highest BCUT2D eigenvalue weighted by Crippen LogP contribution is 2.13. The van der Waals surface area contributed by atoms with E-state index in [1.54, 1.807) is 16.8 Å². The van der Waals surface area contributed by atoms with E-state index in [0.717, 1.165) is 37.1 Å². The lowest BCUT2D eigenvalue weighted by Gasteiger charge is -2.25. The Balaban J connectivity index is 1.59. The van der Waals surface area contributed by atoms with Crippen LogP contribution in [0, 0.1) is 11.8 Å². The highest BCUT2D eigenvalue weighted by Gasteiger charge is 2.20. The molecular formula is C20H18N4O. The summed E-state index contributed by atoms with van der Waals surface area (Å²) in [6.07, 6.45) is 6.85. The summed E-state index contributed by atoms with van der Waals surface area (Å²) in [4.78, 5) is 18.8. The van der Waals surface area contributed by atoms with Gasteiger partial charge >= 0.3 is 0 Å². The second-order valence-electron chi connectivity index (χ2n) is 6.14. The number of rotatable bonds is 1. The molecule has 25 heavy (non-hydrogen) atoms.